The van der Waals surface area contributed by atoms with Gasteiger partial charge in [0.2, 0.25) is 0 Å². The van der Waals surface area contributed by atoms with Gasteiger partial charge in [-0.1, -0.05) is 18.2 Å². The molecule has 0 saturated carbocycles. The van der Waals surface area contributed by atoms with E-state index in [2.05, 4.69) is 39.3 Å². The Morgan fingerprint density at radius 2 is 2.33 bits per heavy atom. The monoisotopic (exact) mass is 287 g/mol. The third kappa shape index (κ3) is 3.86. The highest BCUT2D eigenvalue weighted by Crippen LogP contribution is 2.11. The number of aromatic nitrogens is 4. The van der Waals surface area contributed by atoms with Gasteiger partial charge in [0, 0.05) is 32.0 Å². The largest absolute Gasteiger partial charge is 0.374 e. The van der Waals surface area contributed by atoms with E-state index in [0.29, 0.717) is 0 Å². The topological polar surface area (TPSA) is 56.1 Å². The number of pyridine rings is 1. The van der Waals surface area contributed by atoms with Gasteiger partial charge in [-0.05, 0) is 18.1 Å². The molecule has 0 radical (unpaired) electrons. The van der Waals surface area contributed by atoms with E-state index in [1.54, 1.807) is 6.20 Å². The first kappa shape index (κ1) is 14.2. The Morgan fingerprint density at radius 1 is 1.38 bits per heavy atom. The highest BCUT2D eigenvalue weighted by molar-refractivity contribution is 5.13. The molecule has 6 nitrogen and oxygen atoms in total. The van der Waals surface area contributed by atoms with Gasteiger partial charge >= 0.3 is 0 Å². The molecule has 6 heteroatoms. The van der Waals surface area contributed by atoms with Crippen molar-refractivity contribution in [3.8, 4) is 0 Å². The second-order valence-corrected chi connectivity index (χ2v) is 5.36. The summed E-state index contributed by atoms with van der Waals surface area (Å²) in [7, 11) is 0. The zero-order chi connectivity index (χ0) is 14.5. The third-order valence-electron chi connectivity index (χ3n) is 3.77. The molecule has 0 aromatic carbocycles. The van der Waals surface area contributed by atoms with Gasteiger partial charge in [-0.2, -0.15) is 0 Å². The van der Waals surface area contributed by atoms with Crippen LogP contribution in [0.25, 0.3) is 0 Å². The van der Waals surface area contributed by atoms with Gasteiger partial charge in [-0.15, -0.1) is 5.10 Å². The normalized spacial score (nSPS) is 19.8. The van der Waals surface area contributed by atoms with Crippen LogP contribution in [0, 0.1) is 0 Å². The van der Waals surface area contributed by atoms with Crippen LogP contribution in [0.3, 0.4) is 0 Å². The van der Waals surface area contributed by atoms with Crippen LogP contribution in [0.5, 0.6) is 0 Å². The minimum Gasteiger partial charge on any atom is -0.374 e. The minimum atomic E-state index is 0.162. The average Bonchev–Trinajstić information content (AvgIpc) is 3.01. The van der Waals surface area contributed by atoms with E-state index >= 15 is 0 Å². The molecule has 1 aliphatic heterocycles. The predicted molar refractivity (Wildman–Crippen MR) is 78.7 cm³/mol. The molecule has 21 heavy (non-hydrogen) atoms. The van der Waals surface area contributed by atoms with Crippen LogP contribution < -0.4 is 0 Å². The van der Waals surface area contributed by atoms with Crippen LogP contribution in [0.4, 0.5) is 0 Å². The van der Waals surface area contributed by atoms with Crippen molar-refractivity contribution in [3.05, 3.63) is 42.0 Å². The maximum Gasteiger partial charge on any atom is 0.0898 e. The number of rotatable bonds is 5. The molecule has 2 aromatic heterocycles. The zero-order valence-electron chi connectivity index (χ0n) is 12.4. The van der Waals surface area contributed by atoms with Gasteiger partial charge in [0.25, 0.3) is 0 Å². The van der Waals surface area contributed by atoms with Crippen LogP contribution in [-0.4, -0.2) is 50.7 Å². The Morgan fingerprint density at radius 3 is 3.05 bits per heavy atom. The number of hydrogen-bond donors (Lipinski definition) is 0. The lowest BCUT2D eigenvalue weighted by molar-refractivity contribution is -0.0407. The molecule has 1 atom stereocenters. The first-order chi connectivity index (χ1) is 10.3. The number of aryl methyl sites for hydroxylation is 1. The van der Waals surface area contributed by atoms with Crippen LogP contribution in [0.15, 0.2) is 30.7 Å². The van der Waals surface area contributed by atoms with Gasteiger partial charge in [0.1, 0.15) is 0 Å². The standard InChI is InChI=1S/C15H21N5O/c1-2-13-3-4-14(16-9-13)10-19-7-8-21-15(11-19)12-20-6-5-17-18-20/h3-6,9,15H,2,7-8,10-12H2,1H3. The van der Waals surface area contributed by atoms with Crippen LogP contribution in [-0.2, 0) is 24.2 Å². The van der Waals surface area contributed by atoms with Crippen LogP contribution in [0.1, 0.15) is 18.2 Å². The van der Waals surface area contributed by atoms with E-state index in [0.717, 1.165) is 44.9 Å². The maximum absolute atomic E-state index is 5.81. The van der Waals surface area contributed by atoms with Crippen molar-refractivity contribution in [2.45, 2.75) is 32.5 Å². The lowest BCUT2D eigenvalue weighted by atomic mass is 10.2. The van der Waals surface area contributed by atoms with E-state index in [4.69, 9.17) is 4.74 Å². The van der Waals surface area contributed by atoms with Gasteiger partial charge in [0.15, 0.2) is 0 Å². The summed E-state index contributed by atoms with van der Waals surface area (Å²) in [6.07, 6.45) is 6.73. The molecule has 0 N–H and O–H groups in total. The summed E-state index contributed by atoms with van der Waals surface area (Å²) >= 11 is 0. The average molecular weight is 287 g/mol. The summed E-state index contributed by atoms with van der Waals surface area (Å²) in [5.41, 5.74) is 2.40. The summed E-state index contributed by atoms with van der Waals surface area (Å²) in [6, 6.07) is 4.29. The van der Waals surface area contributed by atoms with E-state index in [-0.39, 0.29) is 6.10 Å². The quantitative estimate of drug-likeness (QED) is 0.825. The molecule has 1 aliphatic rings. The molecule has 3 heterocycles. The molecule has 1 saturated heterocycles. The second-order valence-electron chi connectivity index (χ2n) is 5.36. The highest BCUT2D eigenvalue weighted by atomic mass is 16.5. The summed E-state index contributed by atoms with van der Waals surface area (Å²) in [5.74, 6) is 0. The molecule has 1 unspecified atom stereocenters. The first-order valence-electron chi connectivity index (χ1n) is 7.45. The molecule has 0 aliphatic carbocycles. The molecule has 1 fully saturated rings. The Bertz CT molecular complexity index is 540. The number of hydrogen-bond acceptors (Lipinski definition) is 5. The Labute approximate surface area is 124 Å². The molecular weight excluding hydrogens is 266 g/mol. The Kier molecular flexibility index (Phi) is 4.57. The fourth-order valence-electron chi connectivity index (χ4n) is 2.56. The fraction of sp³-hybridized carbons (Fsp3) is 0.533. The summed E-state index contributed by atoms with van der Waals surface area (Å²) in [5, 5.41) is 7.82. The van der Waals surface area contributed by atoms with Crippen LogP contribution in [0.2, 0.25) is 0 Å². The van der Waals surface area contributed by atoms with Gasteiger partial charge in [0.05, 0.1) is 31.1 Å². The molecule has 0 bridgehead atoms. The van der Waals surface area contributed by atoms with Crippen molar-refractivity contribution in [2.75, 3.05) is 19.7 Å². The Hall–Kier alpha value is -1.79. The van der Waals surface area contributed by atoms with Crippen molar-refractivity contribution in [1.82, 2.24) is 24.9 Å². The van der Waals surface area contributed by atoms with Crippen molar-refractivity contribution >= 4 is 0 Å². The summed E-state index contributed by atoms with van der Waals surface area (Å²) in [6.45, 7) is 6.38. The van der Waals surface area contributed by atoms with Gasteiger partial charge in [-0.25, -0.2) is 4.68 Å². The lowest BCUT2D eigenvalue weighted by Crippen LogP contribution is -2.43. The third-order valence-corrected chi connectivity index (χ3v) is 3.77. The summed E-state index contributed by atoms with van der Waals surface area (Å²) in [4.78, 5) is 6.92. The van der Waals surface area contributed by atoms with Crippen molar-refractivity contribution in [2.24, 2.45) is 0 Å². The van der Waals surface area contributed by atoms with Crippen LogP contribution >= 0.6 is 0 Å². The van der Waals surface area contributed by atoms with Crippen molar-refractivity contribution < 1.29 is 4.74 Å². The molecular formula is C15H21N5O. The molecule has 0 spiro atoms. The van der Waals surface area contributed by atoms with Crippen molar-refractivity contribution in [3.63, 3.8) is 0 Å². The number of morpholine rings is 1. The molecule has 2 aromatic rings. The number of ether oxygens (including phenoxy) is 1. The summed E-state index contributed by atoms with van der Waals surface area (Å²) < 4.78 is 7.63. The predicted octanol–water partition coefficient (Wildman–Crippen LogP) is 1.14. The molecule has 0 amide bonds. The molecule has 3 rings (SSSR count). The van der Waals surface area contributed by atoms with E-state index in [1.807, 2.05) is 17.1 Å². The van der Waals surface area contributed by atoms with Gasteiger partial charge in [-0.3, -0.25) is 9.88 Å². The Balaban J connectivity index is 1.55. The smallest absolute Gasteiger partial charge is 0.0898 e. The SMILES string of the molecule is CCc1ccc(CN2CCOC(Cn3ccnn3)C2)nc1. The van der Waals surface area contributed by atoms with E-state index in [1.165, 1.54) is 5.56 Å². The van der Waals surface area contributed by atoms with E-state index < -0.39 is 0 Å². The zero-order valence-corrected chi connectivity index (χ0v) is 12.4. The maximum atomic E-state index is 5.81. The van der Waals surface area contributed by atoms with Gasteiger partial charge < -0.3 is 4.74 Å². The fourth-order valence-corrected chi connectivity index (χ4v) is 2.56. The first-order valence-corrected chi connectivity index (χ1v) is 7.45. The highest BCUT2D eigenvalue weighted by Gasteiger charge is 2.21. The number of nitrogens with zero attached hydrogens (tertiary/aromatic N) is 5. The molecule has 112 valence electrons. The minimum absolute atomic E-state index is 0.162. The van der Waals surface area contributed by atoms with E-state index in [9.17, 15) is 0 Å². The van der Waals surface area contributed by atoms with Crippen molar-refractivity contribution in [1.29, 1.82) is 0 Å². The lowest BCUT2D eigenvalue weighted by Gasteiger charge is -2.32. The second kappa shape index (κ2) is 6.78.